The third kappa shape index (κ3) is 6.92. The summed E-state index contributed by atoms with van der Waals surface area (Å²) in [6.07, 6.45) is 2.17. The predicted molar refractivity (Wildman–Crippen MR) is 84.3 cm³/mol. The molecular formula is C17H29NO2. The van der Waals surface area contributed by atoms with Crippen LogP contribution in [0.15, 0.2) is 24.3 Å². The maximum absolute atomic E-state index is 5.75. The van der Waals surface area contributed by atoms with Crippen molar-refractivity contribution in [1.82, 2.24) is 5.32 Å². The highest BCUT2D eigenvalue weighted by Gasteiger charge is 2.14. The van der Waals surface area contributed by atoms with Gasteiger partial charge in [-0.3, -0.25) is 0 Å². The molecule has 0 amide bonds. The van der Waals surface area contributed by atoms with Crippen LogP contribution in [0.25, 0.3) is 0 Å². The molecule has 3 heteroatoms. The molecule has 0 radical (unpaired) electrons. The van der Waals surface area contributed by atoms with E-state index in [4.69, 9.17) is 9.47 Å². The second-order valence-electron chi connectivity index (χ2n) is 5.63. The molecule has 1 N–H and O–H groups in total. The maximum Gasteiger partial charge on any atom is 0.119 e. The molecule has 0 spiro atoms. The van der Waals surface area contributed by atoms with Gasteiger partial charge in [-0.2, -0.15) is 0 Å². The van der Waals surface area contributed by atoms with Crippen molar-refractivity contribution in [2.24, 2.45) is 0 Å². The van der Waals surface area contributed by atoms with Crippen LogP contribution in [0.5, 0.6) is 5.75 Å². The van der Waals surface area contributed by atoms with E-state index in [-0.39, 0.29) is 5.60 Å². The average molecular weight is 279 g/mol. The molecule has 0 fully saturated rings. The van der Waals surface area contributed by atoms with Crippen LogP contribution in [0.3, 0.4) is 0 Å². The Morgan fingerprint density at radius 3 is 2.35 bits per heavy atom. The fourth-order valence-corrected chi connectivity index (χ4v) is 1.69. The summed E-state index contributed by atoms with van der Waals surface area (Å²) in [7, 11) is 0. The molecule has 1 rings (SSSR count). The molecule has 0 saturated heterocycles. The van der Waals surface area contributed by atoms with E-state index in [1.807, 2.05) is 12.1 Å². The summed E-state index contributed by atoms with van der Waals surface area (Å²) in [6.45, 7) is 11.7. The highest BCUT2D eigenvalue weighted by molar-refractivity contribution is 5.27. The van der Waals surface area contributed by atoms with Crippen molar-refractivity contribution in [3.63, 3.8) is 0 Å². The van der Waals surface area contributed by atoms with E-state index < -0.39 is 0 Å². The van der Waals surface area contributed by atoms with Gasteiger partial charge < -0.3 is 14.8 Å². The van der Waals surface area contributed by atoms with Crippen LogP contribution in [0.2, 0.25) is 0 Å². The standard InChI is InChI=1S/C17H29NO2/c1-5-11-18-14-15-7-9-16(10-8-15)19-12-13-20-17(3,4)6-2/h7-10,18H,5-6,11-14H2,1-4H3. The van der Waals surface area contributed by atoms with Crippen LogP contribution in [0, 0.1) is 0 Å². The van der Waals surface area contributed by atoms with Gasteiger partial charge in [0.25, 0.3) is 0 Å². The smallest absolute Gasteiger partial charge is 0.119 e. The lowest BCUT2D eigenvalue weighted by atomic mass is 10.1. The van der Waals surface area contributed by atoms with E-state index in [2.05, 4.69) is 45.1 Å². The number of nitrogens with one attached hydrogen (secondary N) is 1. The Labute approximate surface area is 123 Å². The van der Waals surface area contributed by atoms with Gasteiger partial charge in [-0.1, -0.05) is 26.0 Å². The predicted octanol–water partition coefficient (Wildman–Crippen LogP) is 3.77. The summed E-state index contributed by atoms with van der Waals surface area (Å²) >= 11 is 0. The largest absolute Gasteiger partial charge is 0.491 e. The Bertz CT molecular complexity index is 360. The molecular weight excluding hydrogens is 250 g/mol. The molecule has 3 nitrogen and oxygen atoms in total. The molecule has 0 aliphatic heterocycles. The van der Waals surface area contributed by atoms with Gasteiger partial charge in [0.15, 0.2) is 0 Å². The first-order chi connectivity index (χ1) is 9.57. The molecule has 0 aliphatic carbocycles. The van der Waals surface area contributed by atoms with Gasteiger partial charge >= 0.3 is 0 Å². The topological polar surface area (TPSA) is 30.5 Å². The second-order valence-corrected chi connectivity index (χ2v) is 5.63. The van der Waals surface area contributed by atoms with Crippen LogP contribution in [-0.4, -0.2) is 25.4 Å². The second kappa shape index (κ2) is 8.98. The van der Waals surface area contributed by atoms with Crippen LogP contribution in [0.4, 0.5) is 0 Å². The Morgan fingerprint density at radius 2 is 1.75 bits per heavy atom. The lowest BCUT2D eigenvalue weighted by Crippen LogP contribution is -2.25. The minimum Gasteiger partial charge on any atom is -0.491 e. The van der Waals surface area contributed by atoms with Crippen LogP contribution >= 0.6 is 0 Å². The number of rotatable bonds is 10. The SMILES string of the molecule is CCCNCc1ccc(OCCOC(C)(C)CC)cc1. The van der Waals surface area contributed by atoms with E-state index in [0.717, 1.165) is 31.7 Å². The van der Waals surface area contributed by atoms with E-state index in [1.54, 1.807) is 0 Å². The summed E-state index contributed by atoms with van der Waals surface area (Å²) in [5.74, 6) is 0.905. The van der Waals surface area contributed by atoms with E-state index >= 15 is 0 Å². The minimum absolute atomic E-state index is 0.0574. The maximum atomic E-state index is 5.75. The van der Waals surface area contributed by atoms with Gasteiger partial charge in [0, 0.05) is 6.54 Å². The summed E-state index contributed by atoms with van der Waals surface area (Å²) in [4.78, 5) is 0. The zero-order valence-electron chi connectivity index (χ0n) is 13.4. The number of hydrogen-bond acceptors (Lipinski definition) is 3. The van der Waals surface area contributed by atoms with Gasteiger partial charge in [-0.15, -0.1) is 0 Å². The molecule has 0 aliphatic rings. The van der Waals surface area contributed by atoms with Gasteiger partial charge in [0.05, 0.1) is 12.2 Å². The molecule has 114 valence electrons. The van der Waals surface area contributed by atoms with Crippen LogP contribution in [0.1, 0.15) is 46.1 Å². The number of ether oxygens (including phenoxy) is 2. The molecule has 0 atom stereocenters. The third-order valence-corrected chi connectivity index (χ3v) is 3.38. The lowest BCUT2D eigenvalue weighted by molar-refractivity contribution is -0.0317. The van der Waals surface area contributed by atoms with Crippen molar-refractivity contribution in [3.05, 3.63) is 29.8 Å². The Balaban J connectivity index is 2.24. The summed E-state index contributed by atoms with van der Waals surface area (Å²) in [5, 5.41) is 3.39. The number of benzene rings is 1. The molecule has 0 heterocycles. The normalized spacial score (nSPS) is 11.6. The summed E-state index contributed by atoms with van der Waals surface area (Å²) < 4.78 is 11.4. The zero-order chi connectivity index (χ0) is 14.8. The minimum atomic E-state index is -0.0574. The summed E-state index contributed by atoms with van der Waals surface area (Å²) in [6, 6.07) is 8.26. The Kier molecular flexibility index (Phi) is 7.63. The average Bonchev–Trinajstić information content (AvgIpc) is 2.45. The first-order valence-corrected chi connectivity index (χ1v) is 7.64. The first kappa shape index (κ1) is 17.0. The van der Waals surface area contributed by atoms with Crippen molar-refractivity contribution in [2.75, 3.05) is 19.8 Å². The van der Waals surface area contributed by atoms with Crippen molar-refractivity contribution in [1.29, 1.82) is 0 Å². The van der Waals surface area contributed by atoms with Crippen LogP contribution in [-0.2, 0) is 11.3 Å². The quantitative estimate of drug-likeness (QED) is 0.661. The number of hydrogen-bond donors (Lipinski definition) is 1. The lowest BCUT2D eigenvalue weighted by Gasteiger charge is -2.23. The fourth-order valence-electron chi connectivity index (χ4n) is 1.69. The first-order valence-electron chi connectivity index (χ1n) is 7.64. The third-order valence-electron chi connectivity index (χ3n) is 3.38. The molecule has 0 bridgehead atoms. The van der Waals surface area contributed by atoms with Gasteiger partial charge in [0.1, 0.15) is 12.4 Å². The van der Waals surface area contributed by atoms with Crippen molar-refractivity contribution < 1.29 is 9.47 Å². The zero-order valence-corrected chi connectivity index (χ0v) is 13.4. The van der Waals surface area contributed by atoms with Crippen molar-refractivity contribution in [2.45, 2.75) is 52.7 Å². The molecule has 0 saturated carbocycles. The van der Waals surface area contributed by atoms with E-state index in [1.165, 1.54) is 5.56 Å². The van der Waals surface area contributed by atoms with Gasteiger partial charge in [-0.05, 0) is 50.9 Å². The summed E-state index contributed by atoms with van der Waals surface area (Å²) in [5.41, 5.74) is 1.23. The molecule has 1 aromatic carbocycles. The Hall–Kier alpha value is -1.06. The fraction of sp³-hybridized carbons (Fsp3) is 0.647. The van der Waals surface area contributed by atoms with E-state index in [0.29, 0.717) is 13.2 Å². The van der Waals surface area contributed by atoms with Crippen molar-refractivity contribution >= 4 is 0 Å². The highest BCUT2D eigenvalue weighted by Crippen LogP contribution is 2.14. The van der Waals surface area contributed by atoms with Crippen molar-refractivity contribution in [3.8, 4) is 5.75 Å². The molecule has 20 heavy (non-hydrogen) atoms. The van der Waals surface area contributed by atoms with Gasteiger partial charge in [0.2, 0.25) is 0 Å². The molecule has 1 aromatic rings. The van der Waals surface area contributed by atoms with E-state index in [9.17, 15) is 0 Å². The monoisotopic (exact) mass is 279 g/mol. The highest BCUT2D eigenvalue weighted by atomic mass is 16.5. The molecule has 0 unspecified atom stereocenters. The van der Waals surface area contributed by atoms with Gasteiger partial charge in [-0.25, -0.2) is 0 Å². The van der Waals surface area contributed by atoms with Crippen LogP contribution < -0.4 is 10.1 Å². The Morgan fingerprint density at radius 1 is 1.05 bits per heavy atom. The molecule has 0 aromatic heterocycles.